The first-order valence-corrected chi connectivity index (χ1v) is 8.12. The molecule has 0 aromatic carbocycles. The average Bonchev–Trinajstić information content (AvgIpc) is 2.97. The molecule has 0 saturated heterocycles. The van der Waals surface area contributed by atoms with Crippen molar-refractivity contribution in [3.05, 3.63) is 39.6 Å². The minimum absolute atomic E-state index is 0.378. The Balaban J connectivity index is 1.69. The molecule has 0 unspecified atom stereocenters. The standard InChI is InChI=1S/C15H12F3N5S/c1-8-6-10-12(20-4-3-19-10)22-13(8)23-5-2-9-11(7-23)24-14(21-9)15(16,17)18/h3-4,6H,2,5,7H2,1H3. The van der Waals surface area contributed by atoms with E-state index in [-0.39, 0.29) is 0 Å². The minimum atomic E-state index is -4.39. The fraction of sp³-hybridized carbons (Fsp3) is 0.333. The molecule has 0 atom stereocenters. The summed E-state index contributed by atoms with van der Waals surface area (Å²) >= 11 is 0.717. The third-order valence-corrected chi connectivity index (χ3v) is 5.02. The predicted octanol–water partition coefficient (Wildman–Crippen LogP) is 3.37. The molecule has 1 aliphatic rings. The van der Waals surface area contributed by atoms with Gasteiger partial charge in [-0.3, -0.25) is 4.98 Å². The number of thiazole rings is 1. The van der Waals surface area contributed by atoms with Crippen LogP contribution in [0.2, 0.25) is 0 Å². The molecule has 3 aromatic heterocycles. The van der Waals surface area contributed by atoms with Crippen LogP contribution in [0.5, 0.6) is 0 Å². The summed E-state index contributed by atoms with van der Waals surface area (Å²) in [5, 5.41) is -0.775. The smallest absolute Gasteiger partial charge is 0.351 e. The number of aryl methyl sites for hydroxylation is 1. The van der Waals surface area contributed by atoms with Crippen molar-refractivity contribution in [3.63, 3.8) is 0 Å². The highest BCUT2D eigenvalue weighted by atomic mass is 32.1. The zero-order chi connectivity index (χ0) is 16.9. The van der Waals surface area contributed by atoms with Gasteiger partial charge in [0.2, 0.25) is 0 Å². The summed E-state index contributed by atoms with van der Waals surface area (Å²) in [6, 6.07) is 1.90. The second-order valence-corrected chi connectivity index (χ2v) is 6.67. The van der Waals surface area contributed by atoms with Crippen LogP contribution in [0.25, 0.3) is 11.2 Å². The molecule has 124 valence electrons. The number of hydrogen-bond acceptors (Lipinski definition) is 6. The van der Waals surface area contributed by atoms with Gasteiger partial charge in [-0.1, -0.05) is 0 Å². The van der Waals surface area contributed by atoms with Gasteiger partial charge in [0.05, 0.1) is 12.2 Å². The lowest BCUT2D eigenvalue weighted by Crippen LogP contribution is -2.31. The molecule has 3 aromatic rings. The van der Waals surface area contributed by atoms with Gasteiger partial charge in [-0.25, -0.2) is 15.0 Å². The number of fused-ring (bicyclic) bond motifs is 2. The quantitative estimate of drug-likeness (QED) is 0.673. The number of anilines is 1. The molecule has 0 N–H and O–H groups in total. The number of rotatable bonds is 1. The molecule has 0 bridgehead atoms. The topological polar surface area (TPSA) is 54.8 Å². The van der Waals surface area contributed by atoms with E-state index in [2.05, 4.69) is 19.9 Å². The Morgan fingerprint density at radius 1 is 1.17 bits per heavy atom. The van der Waals surface area contributed by atoms with Crippen molar-refractivity contribution in [3.8, 4) is 0 Å². The zero-order valence-electron chi connectivity index (χ0n) is 12.6. The van der Waals surface area contributed by atoms with Gasteiger partial charge in [-0.2, -0.15) is 13.2 Å². The molecule has 24 heavy (non-hydrogen) atoms. The van der Waals surface area contributed by atoms with Crippen LogP contribution in [-0.4, -0.2) is 26.5 Å². The lowest BCUT2D eigenvalue weighted by molar-refractivity contribution is -0.137. The summed E-state index contributed by atoms with van der Waals surface area (Å²) in [6.45, 7) is 2.87. The molecule has 0 radical (unpaired) electrons. The van der Waals surface area contributed by atoms with Crippen LogP contribution >= 0.6 is 11.3 Å². The number of halogens is 3. The maximum absolute atomic E-state index is 12.8. The van der Waals surface area contributed by atoms with Crippen molar-refractivity contribution in [2.24, 2.45) is 0 Å². The third kappa shape index (κ3) is 2.58. The van der Waals surface area contributed by atoms with E-state index >= 15 is 0 Å². The van der Waals surface area contributed by atoms with Crippen molar-refractivity contribution in [1.82, 2.24) is 19.9 Å². The fourth-order valence-corrected chi connectivity index (χ4v) is 3.80. The Labute approximate surface area is 139 Å². The Bertz CT molecular complexity index is 921. The van der Waals surface area contributed by atoms with E-state index in [4.69, 9.17) is 0 Å². The minimum Gasteiger partial charge on any atom is -0.351 e. The van der Waals surface area contributed by atoms with Crippen LogP contribution in [0.4, 0.5) is 19.0 Å². The number of hydrogen-bond donors (Lipinski definition) is 0. The first-order valence-electron chi connectivity index (χ1n) is 7.31. The summed E-state index contributed by atoms with van der Waals surface area (Å²) in [4.78, 5) is 19.3. The molecular weight excluding hydrogens is 339 g/mol. The molecule has 0 amide bonds. The van der Waals surface area contributed by atoms with Crippen molar-refractivity contribution < 1.29 is 13.2 Å². The van der Waals surface area contributed by atoms with Crippen LogP contribution in [0.3, 0.4) is 0 Å². The first-order chi connectivity index (χ1) is 11.4. The molecular formula is C15H12F3N5S. The second-order valence-electron chi connectivity index (χ2n) is 5.59. The van der Waals surface area contributed by atoms with Gasteiger partial charge in [-0.05, 0) is 18.6 Å². The Kier molecular flexibility index (Phi) is 3.41. The maximum Gasteiger partial charge on any atom is 0.443 e. The molecule has 0 spiro atoms. The number of pyridine rings is 1. The van der Waals surface area contributed by atoms with E-state index in [9.17, 15) is 13.2 Å². The van der Waals surface area contributed by atoms with Crippen LogP contribution in [0.1, 0.15) is 21.1 Å². The average molecular weight is 351 g/mol. The van der Waals surface area contributed by atoms with Gasteiger partial charge >= 0.3 is 6.18 Å². The van der Waals surface area contributed by atoms with Gasteiger partial charge in [0.25, 0.3) is 0 Å². The molecule has 0 aliphatic carbocycles. The summed E-state index contributed by atoms with van der Waals surface area (Å²) in [6.07, 6.45) is -0.741. The van der Waals surface area contributed by atoms with E-state index in [1.165, 1.54) is 0 Å². The summed E-state index contributed by atoms with van der Waals surface area (Å²) < 4.78 is 38.5. The van der Waals surface area contributed by atoms with Crippen LogP contribution in [-0.2, 0) is 19.1 Å². The Morgan fingerprint density at radius 3 is 2.75 bits per heavy atom. The molecule has 1 aliphatic heterocycles. The van der Waals surface area contributed by atoms with E-state index < -0.39 is 11.2 Å². The van der Waals surface area contributed by atoms with E-state index in [1.807, 2.05) is 17.9 Å². The molecule has 9 heteroatoms. The molecule has 0 fully saturated rings. The number of nitrogens with zero attached hydrogens (tertiary/aromatic N) is 5. The van der Waals surface area contributed by atoms with Crippen LogP contribution in [0, 0.1) is 6.92 Å². The van der Waals surface area contributed by atoms with E-state index in [0.29, 0.717) is 52.6 Å². The van der Waals surface area contributed by atoms with Crippen LogP contribution < -0.4 is 4.90 Å². The highest BCUT2D eigenvalue weighted by Crippen LogP contribution is 2.37. The van der Waals surface area contributed by atoms with Crippen molar-refractivity contribution >= 4 is 28.3 Å². The monoisotopic (exact) mass is 351 g/mol. The Hall–Kier alpha value is -2.29. The largest absolute Gasteiger partial charge is 0.443 e. The van der Waals surface area contributed by atoms with Gasteiger partial charge in [0, 0.05) is 30.2 Å². The molecule has 4 heterocycles. The van der Waals surface area contributed by atoms with Crippen LogP contribution in [0.15, 0.2) is 18.5 Å². The third-order valence-electron chi connectivity index (χ3n) is 3.90. The van der Waals surface area contributed by atoms with Gasteiger partial charge in [0.15, 0.2) is 10.7 Å². The van der Waals surface area contributed by atoms with Gasteiger partial charge < -0.3 is 4.90 Å². The number of alkyl halides is 3. The normalized spacial score (nSPS) is 14.9. The summed E-state index contributed by atoms with van der Waals surface area (Å²) in [5.74, 6) is 0.732. The highest BCUT2D eigenvalue weighted by Gasteiger charge is 2.37. The second kappa shape index (κ2) is 5.37. The highest BCUT2D eigenvalue weighted by molar-refractivity contribution is 7.11. The molecule has 5 nitrogen and oxygen atoms in total. The van der Waals surface area contributed by atoms with E-state index in [0.717, 1.165) is 11.4 Å². The molecule has 0 saturated carbocycles. The fourth-order valence-electron chi connectivity index (χ4n) is 2.81. The zero-order valence-corrected chi connectivity index (χ0v) is 13.4. The lowest BCUT2D eigenvalue weighted by atomic mass is 10.1. The van der Waals surface area contributed by atoms with Crippen molar-refractivity contribution in [1.29, 1.82) is 0 Å². The van der Waals surface area contributed by atoms with Crippen molar-refractivity contribution in [2.75, 3.05) is 11.4 Å². The summed E-state index contributed by atoms with van der Waals surface area (Å²) in [7, 11) is 0. The van der Waals surface area contributed by atoms with Crippen molar-refractivity contribution in [2.45, 2.75) is 26.1 Å². The SMILES string of the molecule is Cc1cc2nccnc2nc1N1CCc2nc(C(F)(F)F)sc2C1. The van der Waals surface area contributed by atoms with E-state index in [1.54, 1.807) is 12.4 Å². The first kappa shape index (κ1) is 15.3. The number of aromatic nitrogens is 4. The van der Waals surface area contributed by atoms with Gasteiger partial charge in [0.1, 0.15) is 11.3 Å². The maximum atomic E-state index is 12.8. The molecule has 4 rings (SSSR count). The summed E-state index contributed by atoms with van der Waals surface area (Å²) in [5.41, 5.74) is 2.70. The predicted molar refractivity (Wildman–Crippen MR) is 83.9 cm³/mol. The van der Waals surface area contributed by atoms with Gasteiger partial charge in [-0.15, -0.1) is 11.3 Å². The lowest BCUT2D eigenvalue weighted by Gasteiger charge is -2.28. The Morgan fingerprint density at radius 2 is 1.96 bits per heavy atom.